The number of nitrogens with zero attached hydrogens (tertiary/aromatic N) is 2. The molecular weight excluding hydrogens is 456 g/mol. The van der Waals surface area contributed by atoms with E-state index in [-0.39, 0.29) is 40.4 Å². The van der Waals surface area contributed by atoms with Gasteiger partial charge in [-0.3, -0.25) is 9.69 Å². The molecule has 0 aromatic heterocycles. The van der Waals surface area contributed by atoms with Crippen molar-refractivity contribution in [3.05, 3.63) is 53.6 Å². The van der Waals surface area contributed by atoms with Crippen LogP contribution in [0.2, 0.25) is 5.02 Å². The quantitative estimate of drug-likeness (QED) is 0.620. The highest BCUT2D eigenvalue weighted by atomic mass is 35.5. The summed E-state index contributed by atoms with van der Waals surface area (Å²) in [6, 6.07) is 12.6. The number of carbonyl (C=O) groups is 1. The van der Waals surface area contributed by atoms with Gasteiger partial charge in [-0.05, 0) is 24.3 Å². The Morgan fingerprint density at radius 2 is 1.70 bits per heavy atom. The first-order chi connectivity index (χ1) is 14.3. The number of thioether (sulfide) groups is 1. The van der Waals surface area contributed by atoms with E-state index >= 15 is 0 Å². The monoisotopic (exact) mass is 475 g/mol. The second-order valence-electron chi connectivity index (χ2n) is 6.53. The first-order valence-electron chi connectivity index (χ1n) is 9.08. The molecule has 1 aliphatic rings. The largest absolute Gasteiger partial charge is 0.324 e. The minimum Gasteiger partial charge on any atom is -0.324 e. The van der Waals surface area contributed by atoms with Crippen LogP contribution in [0.15, 0.2) is 58.3 Å². The maximum Gasteiger partial charge on any atom is 0.288 e. The summed E-state index contributed by atoms with van der Waals surface area (Å²) in [4.78, 5) is 14.5. The maximum atomic E-state index is 12.8. The van der Waals surface area contributed by atoms with Crippen LogP contribution in [-0.4, -0.2) is 62.0 Å². The summed E-state index contributed by atoms with van der Waals surface area (Å²) < 4.78 is 52.3. The SMILES string of the molecule is O=C(CN1CCN(S(=O)(=O)c2ccccc2Cl)CC1)Nc1ccccc1SC(F)F. The van der Waals surface area contributed by atoms with Gasteiger partial charge < -0.3 is 5.32 Å². The van der Waals surface area contributed by atoms with Crippen molar-refractivity contribution in [3.63, 3.8) is 0 Å². The fraction of sp³-hybridized carbons (Fsp3) is 0.316. The van der Waals surface area contributed by atoms with Crippen molar-refractivity contribution >= 4 is 45.0 Å². The number of halogens is 3. The van der Waals surface area contributed by atoms with Crippen LogP contribution in [0.1, 0.15) is 0 Å². The molecule has 30 heavy (non-hydrogen) atoms. The van der Waals surface area contributed by atoms with Crippen molar-refractivity contribution in [2.75, 3.05) is 38.0 Å². The predicted molar refractivity (Wildman–Crippen MR) is 114 cm³/mol. The zero-order valence-electron chi connectivity index (χ0n) is 15.8. The molecule has 0 unspecified atom stereocenters. The molecule has 1 N–H and O–H groups in total. The average Bonchev–Trinajstić information content (AvgIpc) is 2.69. The normalized spacial score (nSPS) is 16.0. The van der Waals surface area contributed by atoms with Gasteiger partial charge in [-0.25, -0.2) is 8.42 Å². The Balaban J connectivity index is 1.56. The van der Waals surface area contributed by atoms with Crippen LogP contribution >= 0.6 is 23.4 Å². The number of nitrogens with one attached hydrogen (secondary N) is 1. The van der Waals surface area contributed by atoms with Gasteiger partial charge in [-0.1, -0.05) is 47.6 Å². The van der Waals surface area contributed by atoms with Crippen LogP contribution in [-0.2, 0) is 14.8 Å². The number of carbonyl (C=O) groups excluding carboxylic acids is 1. The van der Waals surface area contributed by atoms with Gasteiger partial charge in [0.2, 0.25) is 15.9 Å². The zero-order valence-corrected chi connectivity index (χ0v) is 18.2. The van der Waals surface area contributed by atoms with E-state index in [2.05, 4.69) is 5.32 Å². The van der Waals surface area contributed by atoms with Gasteiger partial charge in [-0.15, -0.1) is 0 Å². The molecule has 1 saturated heterocycles. The van der Waals surface area contributed by atoms with Gasteiger partial charge in [0, 0.05) is 31.1 Å². The van der Waals surface area contributed by atoms with E-state index in [0.717, 1.165) is 0 Å². The molecule has 1 fully saturated rings. The summed E-state index contributed by atoms with van der Waals surface area (Å²) >= 11 is 6.40. The van der Waals surface area contributed by atoms with Crippen LogP contribution < -0.4 is 5.32 Å². The van der Waals surface area contributed by atoms with Crippen LogP contribution in [0.25, 0.3) is 0 Å². The molecule has 2 aromatic carbocycles. The van der Waals surface area contributed by atoms with E-state index < -0.39 is 15.8 Å². The Labute approximate surface area is 183 Å². The first kappa shape index (κ1) is 23.0. The second-order valence-corrected chi connectivity index (χ2v) is 9.88. The molecule has 11 heteroatoms. The summed E-state index contributed by atoms with van der Waals surface area (Å²) in [7, 11) is -3.71. The van der Waals surface area contributed by atoms with Crippen molar-refractivity contribution in [2.24, 2.45) is 0 Å². The standard InChI is InChI=1S/C19H20ClF2N3O3S2/c20-14-5-1-4-8-17(14)30(27,28)25-11-9-24(10-12-25)13-18(26)23-15-6-2-3-7-16(15)29-19(21)22/h1-8,19H,9-13H2,(H,23,26). The van der Waals surface area contributed by atoms with Crippen LogP contribution in [0, 0.1) is 0 Å². The Morgan fingerprint density at radius 1 is 1.07 bits per heavy atom. The molecule has 1 aliphatic heterocycles. The summed E-state index contributed by atoms with van der Waals surface area (Å²) in [6.07, 6.45) is 0. The lowest BCUT2D eigenvalue weighted by molar-refractivity contribution is -0.117. The minimum absolute atomic E-state index is 0.0354. The van der Waals surface area contributed by atoms with Crippen molar-refractivity contribution in [3.8, 4) is 0 Å². The van der Waals surface area contributed by atoms with E-state index in [1.54, 1.807) is 30.3 Å². The maximum absolute atomic E-state index is 12.8. The smallest absolute Gasteiger partial charge is 0.288 e. The summed E-state index contributed by atoms with van der Waals surface area (Å²) in [6.45, 7) is 1.21. The molecule has 0 saturated carbocycles. The van der Waals surface area contributed by atoms with Gasteiger partial charge in [0.25, 0.3) is 5.76 Å². The Morgan fingerprint density at radius 3 is 2.37 bits per heavy atom. The van der Waals surface area contributed by atoms with Crippen molar-refractivity contribution in [2.45, 2.75) is 15.5 Å². The third-order valence-electron chi connectivity index (χ3n) is 4.53. The second kappa shape index (κ2) is 10.1. The topological polar surface area (TPSA) is 69.7 Å². The third kappa shape index (κ3) is 5.70. The lowest BCUT2D eigenvalue weighted by Crippen LogP contribution is -2.50. The van der Waals surface area contributed by atoms with Crippen LogP contribution in [0.5, 0.6) is 0 Å². The number of anilines is 1. The number of sulfonamides is 1. The van der Waals surface area contributed by atoms with E-state index in [0.29, 0.717) is 30.5 Å². The van der Waals surface area contributed by atoms with Gasteiger partial charge in [0.1, 0.15) is 4.90 Å². The van der Waals surface area contributed by atoms with Gasteiger partial charge in [-0.2, -0.15) is 13.1 Å². The van der Waals surface area contributed by atoms with E-state index in [1.807, 2.05) is 4.90 Å². The number of amides is 1. The first-order valence-corrected chi connectivity index (χ1v) is 11.8. The number of rotatable bonds is 7. The molecule has 0 radical (unpaired) electrons. The Bertz CT molecular complexity index is 1000. The van der Waals surface area contributed by atoms with Gasteiger partial charge >= 0.3 is 0 Å². The molecule has 3 rings (SSSR count). The minimum atomic E-state index is -3.71. The summed E-state index contributed by atoms with van der Waals surface area (Å²) in [5.41, 5.74) is 0.327. The molecule has 0 spiro atoms. The molecule has 162 valence electrons. The van der Waals surface area contributed by atoms with Crippen LogP contribution in [0.3, 0.4) is 0 Å². The molecule has 6 nitrogen and oxygen atoms in total. The molecule has 0 bridgehead atoms. The van der Waals surface area contributed by atoms with E-state index in [4.69, 9.17) is 11.6 Å². The van der Waals surface area contributed by atoms with E-state index in [9.17, 15) is 22.0 Å². The molecule has 0 atom stereocenters. The average molecular weight is 476 g/mol. The number of benzene rings is 2. The van der Waals surface area contributed by atoms with Crippen LogP contribution in [0.4, 0.5) is 14.5 Å². The van der Waals surface area contributed by atoms with E-state index in [1.165, 1.54) is 22.5 Å². The lowest BCUT2D eigenvalue weighted by atomic mass is 10.3. The third-order valence-corrected chi connectivity index (χ3v) is 7.72. The fourth-order valence-electron chi connectivity index (χ4n) is 3.08. The highest BCUT2D eigenvalue weighted by Gasteiger charge is 2.30. The highest BCUT2D eigenvalue weighted by molar-refractivity contribution is 7.99. The molecular formula is C19H20ClF2N3O3S2. The number of hydrogen-bond donors (Lipinski definition) is 1. The van der Waals surface area contributed by atoms with Crippen molar-refractivity contribution in [1.29, 1.82) is 0 Å². The Hall–Kier alpha value is -1.72. The van der Waals surface area contributed by atoms with Crippen molar-refractivity contribution in [1.82, 2.24) is 9.21 Å². The zero-order chi connectivity index (χ0) is 21.7. The molecule has 0 aliphatic carbocycles. The van der Waals surface area contributed by atoms with Crippen molar-refractivity contribution < 1.29 is 22.0 Å². The molecule has 1 amide bonds. The Kier molecular flexibility index (Phi) is 7.70. The lowest BCUT2D eigenvalue weighted by Gasteiger charge is -2.33. The number of alkyl halides is 2. The number of hydrogen-bond acceptors (Lipinski definition) is 5. The van der Waals surface area contributed by atoms with Gasteiger partial charge in [0.05, 0.1) is 17.3 Å². The predicted octanol–water partition coefficient (Wildman–Crippen LogP) is 3.60. The van der Waals surface area contributed by atoms with Gasteiger partial charge in [0.15, 0.2) is 0 Å². The number of para-hydroxylation sites is 1. The number of piperazine rings is 1. The molecule has 1 heterocycles. The summed E-state index contributed by atoms with van der Waals surface area (Å²) in [5, 5.41) is 2.82. The molecule has 2 aromatic rings. The summed E-state index contributed by atoms with van der Waals surface area (Å²) in [5.74, 6) is -2.93. The highest BCUT2D eigenvalue weighted by Crippen LogP contribution is 2.31. The fourth-order valence-corrected chi connectivity index (χ4v) is 5.59.